The van der Waals surface area contributed by atoms with E-state index in [1.807, 2.05) is 26.0 Å². The Morgan fingerprint density at radius 3 is 2.38 bits per heavy atom. The molecule has 2 heteroatoms. The highest BCUT2D eigenvalue weighted by atomic mass is 19.1. The molecule has 21 heavy (non-hydrogen) atoms. The molecule has 2 aromatic carbocycles. The van der Waals surface area contributed by atoms with Crippen molar-refractivity contribution in [2.24, 2.45) is 0 Å². The van der Waals surface area contributed by atoms with Crippen molar-refractivity contribution in [2.45, 2.75) is 40.2 Å². The lowest BCUT2D eigenvalue weighted by Crippen LogP contribution is -2.25. The van der Waals surface area contributed by atoms with Crippen LogP contribution in [0.15, 0.2) is 36.4 Å². The van der Waals surface area contributed by atoms with Crippen molar-refractivity contribution < 1.29 is 4.39 Å². The highest BCUT2D eigenvalue weighted by molar-refractivity contribution is 5.42. The largest absolute Gasteiger partial charge is 0.306 e. The van der Waals surface area contributed by atoms with Gasteiger partial charge in [0, 0.05) is 5.56 Å². The average molecular weight is 285 g/mol. The Balaban J connectivity index is 2.54. The molecule has 0 aliphatic heterocycles. The predicted octanol–water partition coefficient (Wildman–Crippen LogP) is 4.84. The summed E-state index contributed by atoms with van der Waals surface area (Å²) in [5, 5.41) is 3.50. The van der Waals surface area contributed by atoms with Gasteiger partial charge in [-0.2, -0.15) is 0 Å². The first kappa shape index (κ1) is 15.7. The predicted molar refractivity (Wildman–Crippen MR) is 87.2 cm³/mol. The van der Waals surface area contributed by atoms with Crippen molar-refractivity contribution in [1.29, 1.82) is 0 Å². The third-order valence-corrected chi connectivity index (χ3v) is 3.87. The standard InChI is InChI=1S/C19H24FN/c1-5-10-21-19(16-9-7-6-8-14(16)3)18-15(4)11-13(2)12-17(18)20/h6-9,11-12,19,21H,5,10H2,1-4H3. The first-order valence-corrected chi connectivity index (χ1v) is 7.60. The van der Waals surface area contributed by atoms with E-state index in [0.29, 0.717) is 0 Å². The van der Waals surface area contributed by atoms with Crippen LogP contribution < -0.4 is 5.32 Å². The molecule has 0 aliphatic rings. The smallest absolute Gasteiger partial charge is 0.128 e. The maximum atomic E-state index is 14.6. The zero-order valence-corrected chi connectivity index (χ0v) is 13.3. The normalized spacial score (nSPS) is 12.4. The fourth-order valence-corrected chi connectivity index (χ4v) is 2.86. The van der Waals surface area contributed by atoms with Crippen molar-refractivity contribution in [2.75, 3.05) is 6.54 Å². The number of hydrogen-bond donors (Lipinski definition) is 1. The lowest BCUT2D eigenvalue weighted by Gasteiger charge is -2.24. The molecule has 0 aromatic heterocycles. The molecule has 0 amide bonds. The quantitative estimate of drug-likeness (QED) is 0.829. The van der Waals surface area contributed by atoms with E-state index < -0.39 is 0 Å². The highest BCUT2D eigenvalue weighted by Gasteiger charge is 2.21. The molecule has 112 valence electrons. The van der Waals surface area contributed by atoms with Crippen molar-refractivity contribution in [3.63, 3.8) is 0 Å². The fourth-order valence-electron chi connectivity index (χ4n) is 2.86. The summed E-state index contributed by atoms with van der Waals surface area (Å²) in [6.45, 7) is 9.00. The average Bonchev–Trinajstić information content (AvgIpc) is 2.42. The van der Waals surface area contributed by atoms with Gasteiger partial charge in [-0.1, -0.05) is 37.3 Å². The van der Waals surface area contributed by atoms with Gasteiger partial charge in [-0.25, -0.2) is 4.39 Å². The van der Waals surface area contributed by atoms with Crippen molar-refractivity contribution >= 4 is 0 Å². The molecule has 2 aromatic rings. The van der Waals surface area contributed by atoms with Crippen LogP contribution in [0.2, 0.25) is 0 Å². The number of aryl methyl sites for hydroxylation is 3. The second-order valence-corrected chi connectivity index (χ2v) is 5.72. The summed E-state index contributed by atoms with van der Waals surface area (Å²) >= 11 is 0. The Labute approximate surface area is 127 Å². The van der Waals surface area contributed by atoms with Gasteiger partial charge in [0.05, 0.1) is 6.04 Å². The topological polar surface area (TPSA) is 12.0 Å². The Kier molecular flexibility index (Phi) is 5.13. The summed E-state index contributed by atoms with van der Waals surface area (Å²) in [5.74, 6) is -0.121. The summed E-state index contributed by atoms with van der Waals surface area (Å²) in [4.78, 5) is 0. The summed E-state index contributed by atoms with van der Waals surface area (Å²) in [6.07, 6.45) is 1.02. The van der Waals surface area contributed by atoms with Gasteiger partial charge in [0.25, 0.3) is 0 Å². The van der Waals surface area contributed by atoms with Crippen LogP contribution in [0.3, 0.4) is 0 Å². The van der Waals surface area contributed by atoms with Crippen LogP contribution in [0.25, 0.3) is 0 Å². The van der Waals surface area contributed by atoms with Gasteiger partial charge in [-0.05, 0) is 62.1 Å². The van der Waals surface area contributed by atoms with Crippen LogP contribution in [0.5, 0.6) is 0 Å². The van der Waals surface area contributed by atoms with Crippen molar-refractivity contribution in [1.82, 2.24) is 5.32 Å². The van der Waals surface area contributed by atoms with E-state index in [2.05, 4.69) is 37.4 Å². The molecule has 0 aliphatic carbocycles. The molecule has 1 nitrogen and oxygen atoms in total. The SMILES string of the molecule is CCCNC(c1ccccc1C)c1c(C)cc(C)cc1F. The van der Waals surface area contributed by atoms with Crippen LogP contribution >= 0.6 is 0 Å². The molecular formula is C19H24FN. The second kappa shape index (κ2) is 6.86. The van der Waals surface area contributed by atoms with Crippen LogP contribution in [0.4, 0.5) is 4.39 Å². The molecule has 1 unspecified atom stereocenters. The number of halogens is 1. The first-order chi connectivity index (χ1) is 10.0. The lowest BCUT2D eigenvalue weighted by molar-refractivity contribution is 0.542. The first-order valence-electron chi connectivity index (χ1n) is 7.60. The third-order valence-electron chi connectivity index (χ3n) is 3.87. The lowest BCUT2D eigenvalue weighted by atomic mass is 9.91. The Morgan fingerprint density at radius 1 is 1.05 bits per heavy atom. The van der Waals surface area contributed by atoms with E-state index in [0.717, 1.165) is 35.2 Å². The molecule has 1 atom stereocenters. The van der Waals surface area contributed by atoms with E-state index in [1.165, 1.54) is 5.56 Å². The van der Waals surface area contributed by atoms with Gasteiger partial charge in [-0.15, -0.1) is 0 Å². The molecule has 1 N–H and O–H groups in total. The monoisotopic (exact) mass is 285 g/mol. The molecular weight excluding hydrogens is 261 g/mol. The number of benzene rings is 2. The summed E-state index contributed by atoms with van der Waals surface area (Å²) in [5.41, 5.74) is 5.07. The molecule has 2 rings (SSSR count). The van der Waals surface area contributed by atoms with Gasteiger partial charge in [0.15, 0.2) is 0 Å². The van der Waals surface area contributed by atoms with Gasteiger partial charge in [0.1, 0.15) is 5.82 Å². The Bertz CT molecular complexity index is 596. The van der Waals surface area contributed by atoms with E-state index in [9.17, 15) is 4.39 Å². The summed E-state index contributed by atoms with van der Waals surface area (Å²) in [7, 11) is 0. The van der Waals surface area contributed by atoms with Gasteiger partial charge < -0.3 is 5.32 Å². The van der Waals surface area contributed by atoms with Crippen LogP contribution in [0.1, 0.15) is 47.2 Å². The fraction of sp³-hybridized carbons (Fsp3) is 0.368. The van der Waals surface area contributed by atoms with Crippen molar-refractivity contribution in [3.05, 3.63) is 70.0 Å². The Morgan fingerprint density at radius 2 is 1.76 bits per heavy atom. The van der Waals surface area contributed by atoms with E-state index in [-0.39, 0.29) is 11.9 Å². The van der Waals surface area contributed by atoms with Gasteiger partial charge in [0.2, 0.25) is 0 Å². The molecule has 0 saturated heterocycles. The molecule has 0 fully saturated rings. The maximum absolute atomic E-state index is 14.6. The van der Waals surface area contributed by atoms with Gasteiger partial charge in [-0.3, -0.25) is 0 Å². The molecule has 0 heterocycles. The van der Waals surface area contributed by atoms with Crippen molar-refractivity contribution in [3.8, 4) is 0 Å². The summed E-state index contributed by atoms with van der Waals surface area (Å²) < 4.78 is 14.6. The van der Waals surface area contributed by atoms with Crippen LogP contribution in [-0.4, -0.2) is 6.54 Å². The number of nitrogens with one attached hydrogen (secondary N) is 1. The number of rotatable bonds is 5. The molecule has 0 radical (unpaired) electrons. The highest BCUT2D eigenvalue weighted by Crippen LogP contribution is 2.30. The molecule has 0 saturated carbocycles. The van der Waals surface area contributed by atoms with Gasteiger partial charge >= 0.3 is 0 Å². The van der Waals surface area contributed by atoms with E-state index in [4.69, 9.17) is 0 Å². The summed E-state index contributed by atoms with van der Waals surface area (Å²) in [6, 6.07) is 11.8. The number of hydrogen-bond acceptors (Lipinski definition) is 1. The second-order valence-electron chi connectivity index (χ2n) is 5.72. The van der Waals surface area contributed by atoms with Crippen LogP contribution in [-0.2, 0) is 0 Å². The molecule has 0 spiro atoms. The minimum Gasteiger partial charge on any atom is -0.306 e. The van der Waals surface area contributed by atoms with Crippen LogP contribution in [0, 0.1) is 26.6 Å². The van der Waals surface area contributed by atoms with E-state index >= 15 is 0 Å². The Hall–Kier alpha value is -1.67. The minimum atomic E-state index is -0.121. The molecule has 0 bridgehead atoms. The van der Waals surface area contributed by atoms with E-state index in [1.54, 1.807) is 6.07 Å². The zero-order valence-electron chi connectivity index (χ0n) is 13.3. The zero-order chi connectivity index (χ0) is 15.4. The third kappa shape index (κ3) is 3.51. The minimum absolute atomic E-state index is 0.0910. The maximum Gasteiger partial charge on any atom is 0.128 e.